The average Bonchev–Trinajstić information content (AvgIpc) is 2.32. The van der Waals surface area contributed by atoms with Gasteiger partial charge in [-0.25, -0.2) is 4.39 Å². The van der Waals surface area contributed by atoms with Crippen LogP contribution in [0.4, 0.5) is 4.39 Å². The van der Waals surface area contributed by atoms with E-state index >= 15 is 0 Å². The first-order valence-electron chi connectivity index (χ1n) is 6.35. The van der Waals surface area contributed by atoms with E-state index in [9.17, 15) is 4.39 Å². The lowest BCUT2D eigenvalue weighted by Gasteiger charge is -2.19. The highest BCUT2D eigenvalue weighted by molar-refractivity contribution is 6.30. The molecule has 0 saturated heterocycles. The zero-order valence-electron chi connectivity index (χ0n) is 11.2. The number of halogens is 2. The van der Waals surface area contributed by atoms with Gasteiger partial charge < -0.3 is 10.1 Å². The van der Waals surface area contributed by atoms with Crippen molar-refractivity contribution in [3.05, 3.63) is 29.0 Å². The lowest BCUT2D eigenvalue weighted by atomic mass is 10.2. The molecule has 18 heavy (non-hydrogen) atoms. The van der Waals surface area contributed by atoms with E-state index in [1.54, 1.807) is 6.07 Å². The van der Waals surface area contributed by atoms with Crippen LogP contribution in [0.2, 0.25) is 5.02 Å². The number of ether oxygens (including phenoxy) is 1. The van der Waals surface area contributed by atoms with E-state index in [4.69, 9.17) is 16.3 Å². The molecule has 0 aliphatic heterocycles. The summed E-state index contributed by atoms with van der Waals surface area (Å²) in [7, 11) is 0. The number of nitrogens with one attached hydrogen (secondary N) is 1. The van der Waals surface area contributed by atoms with Crippen molar-refractivity contribution in [3.8, 4) is 5.75 Å². The number of hydrogen-bond donors (Lipinski definition) is 1. The maximum absolute atomic E-state index is 13.0. The number of benzene rings is 1. The molecule has 0 heterocycles. The summed E-state index contributed by atoms with van der Waals surface area (Å²) >= 11 is 5.72. The minimum absolute atomic E-state index is 0.0743. The van der Waals surface area contributed by atoms with Crippen LogP contribution >= 0.6 is 11.6 Å². The van der Waals surface area contributed by atoms with Gasteiger partial charge in [-0.15, -0.1) is 0 Å². The fraction of sp³-hybridized carbons (Fsp3) is 0.571. The van der Waals surface area contributed by atoms with Crippen LogP contribution < -0.4 is 10.1 Å². The van der Waals surface area contributed by atoms with Gasteiger partial charge in [0.25, 0.3) is 0 Å². The third kappa shape index (κ3) is 5.23. The first-order chi connectivity index (χ1) is 8.52. The van der Waals surface area contributed by atoms with Crippen molar-refractivity contribution in [1.29, 1.82) is 0 Å². The second-order valence-electron chi connectivity index (χ2n) is 4.78. The average molecular weight is 274 g/mol. The number of rotatable bonds is 7. The lowest BCUT2D eigenvalue weighted by Crippen LogP contribution is -2.33. The smallest absolute Gasteiger partial charge is 0.142 e. The largest absolute Gasteiger partial charge is 0.489 e. The van der Waals surface area contributed by atoms with Gasteiger partial charge in [0.15, 0.2) is 0 Å². The molecule has 0 aliphatic carbocycles. The molecule has 1 unspecified atom stereocenters. The van der Waals surface area contributed by atoms with Crippen molar-refractivity contribution in [2.45, 2.75) is 33.3 Å². The van der Waals surface area contributed by atoms with Gasteiger partial charge in [-0.3, -0.25) is 0 Å². The fourth-order valence-electron chi connectivity index (χ4n) is 1.54. The van der Waals surface area contributed by atoms with E-state index < -0.39 is 5.82 Å². The molecule has 0 saturated carbocycles. The van der Waals surface area contributed by atoms with Gasteiger partial charge in [0.05, 0.1) is 5.02 Å². The highest BCUT2D eigenvalue weighted by atomic mass is 35.5. The SMILES string of the molecule is CCC(CNCC(C)C)Oc1ccc(F)c(Cl)c1. The minimum Gasteiger partial charge on any atom is -0.489 e. The van der Waals surface area contributed by atoms with E-state index in [0.29, 0.717) is 11.7 Å². The topological polar surface area (TPSA) is 21.3 Å². The highest BCUT2D eigenvalue weighted by Gasteiger charge is 2.09. The molecule has 0 spiro atoms. The molecule has 1 aromatic carbocycles. The second kappa shape index (κ2) is 7.59. The Morgan fingerprint density at radius 1 is 1.33 bits per heavy atom. The lowest BCUT2D eigenvalue weighted by molar-refractivity contribution is 0.192. The van der Waals surface area contributed by atoms with Crippen LogP contribution in [0.3, 0.4) is 0 Å². The van der Waals surface area contributed by atoms with Crippen molar-refractivity contribution in [2.24, 2.45) is 5.92 Å². The van der Waals surface area contributed by atoms with Crippen LogP contribution in [0, 0.1) is 11.7 Å². The maximum Gasteiger partial charge on any atom is 0.142 e. The van der Waals surface area contributed by atoms with Crippen LogP contribution in [0.25, 0.3) is 0 Å². The third-order valence-electron chi connectivity index (χ3n) is 2.57. The van der Waals surface area contributed by atoms with Crippen LogP contribution in [0.15, 0.2) is 18.2 Å². The monoisotopic (exact) mass is 273 g/mol. The summed E-state index contributed by atoms with van der Waals surface area (Å²) in [6.07, 6.45) is 0.963. The summed E-state index contributed by atoms with van der Waals surface area (Å²) < 4.78 is 18.8. The zero-order chi connectivity index (χ0) is 13.5. The van der Waals surface area contributed by atoms with Crippen LogP contribution in [-0.4, -0.2) is 19.2 Å². The van der Waals surface area contributed by atoms with E-state index in [0.717, 1.165) is 19.5 Å². The predicted molar refractivity (Wildman–Crippen MR) is 73.8 cm³/mol. The van der Waals surface area contributed by atoms with E-state index in [1.165, 1.54) is 12.1 Å². The molecule has 0 fully saturated rings. The van der Waals surface area contributed by atoms with Crippen molar-refractivity contribution in [1.82, 2.24) is 5.32 Å². The zero-order valence-corrected chi connectivity index (χ0v) is 11.9. The second-order valence-corrected chi connectivity index (χ2v) is 5.18. The molecule has 0 aliphatic rings. The van der Waals surface area contributed by atoms with E-state index in [1.807, 2.05) is 0 Å². The Morgan fingerprint density at radius 3 is 2.61 bits per heavy atom. The Balaban J connectivity index is 2.49. The van der Waals surface area contributed by atoms with Gasteiger partial charge in [0.1, 0.15) is 17.7 Å². The van der Waals surface area contributed by atoms with Gasteiger partial charge in [0, 0.05) is 12.6 Å². The molecule has 1 atom stereocenters. The molecule has 1 aromatic rings. The summed E-state index contributed by atoms with van der Waals surface area (Å²) in [6.45, 7) is 8.13. The Labute approximate surface area is 113 Å². The van der Waals surface area contributed by atoms with Crippen molar-refractivity contribution >= 4 is 11.6 Å². The minimum atomic E-state index is -0.421. The summed E-state index contributed by atoms with van der Waals surface area (Å²) in [5.74, 6) is 0.803. The molecule has 0 radical (unpaired) electrons. The molecule has 2 nitrogen and oxygen atoms in total. The molecule has 1 rings (SSSR count). The Morgan fingerprint density at radius 2 is 2.06 bits per heavy atom. The van der Waals surface area contributed by atoms with Crippen molar-refractivity contribution < 1.29 is 9.13 Å². The highest BCUT2D eigenvalue weighted by Crippen LogP contribution is 2.22. The summed E-state index contributed by atoms with van der Waals surface area (Å²) in [5.41, 5.74) is 0. The fourth-order valence-corrected chi connectivity index (χ4v) is 1.72. The molecule has 1 N–H and O–H groups in total. The van der Waals surface area contributed by atoms with Crippen molar-refractivity contribution in [2.75, 3.05) is 13.1 Å². The molecule has 0 bridgehead atoms. The molecule has 4 heteroatoms. The maximum atomic E-state index is 13.0. The molecule has 0 aromatic heterocycles. The first kappa shape index (κ1) is 15.3. The molecule has 102 valence electrons. The van der Waals surface area contributed by atoms with Crippen LogP contribution in [0.1, 0.15) is 27.2 Å². The molecule has 0 amide bonds. The summed E-state index contributed by atoms with van der Waals surface area (Å²) in [6, 6.07) is 4.44. The molecular weight excluding hydrogens is 253 g/mol. The third-order valence-corrected chi connectivity index (χ3v) is 2.86. The Kier molecular flexibility index (Phi) is 6.44. The van der Waals surface area contributed by atoms with E-state index in [-0.39, 0.29) is 11.1 Å². The van der Waals surface area contributed by atoms with Gasteiger partial charge in [0.2, 0.25) is 0 Å². The van der Waals surface area contributed by atoms with Gasteiger partial charge >= 0.3 is 0 Å². The van der Waals surface area contributed by atoms with Gasteiger partial charge in [-0.2, -0.15) is 0 Å². The van der Waals surface area contributed by atoms with Crippen LogP contribution in [-0.2, 0) is 0 Å². The normalized spacial score (nSPS) is 12.8. The predicted octanol–water partition coefficient (Wildman–Crippen LogP) is 3.88. The molecular formula is C14H21ClFNO. The standard InChI is InChI=1S/C14H21ClFNO/c1-4-11(9-17-8-10(2)3)18-12-5-6-14(16)13(15)7-12/h5-7,10-11,17H,4,8-9H2,1-3H3. The van der Waals surface area contributed by atoms with Gasteiger partial charge in [-0.1, -0.05) is 32.4 Å². The van der Waals surface area contributed by atoms with Crippen molar-refractivity contribution in [3.63, 3.8) is 0 Å². The Bertz CT molecular complexity index is 371. The summed E-state index contributed by atoms with van der Waals surface area (Å²) in [5, 5.41) is 3.44. The van der Waals surface area contributed by atoms with Gasteiger partial charge in [-0.05, 0) is 31.0 Å². The summed E-state index contributed by atoms with van der Waals surface area (Å²) in [4.78, 5) is 0. The quantitative estimate of drug-likeness (QED) is 0.814. The van der Waals surface area contributed by atoms with E-state index in [2.05, 4.69) is 26.1 Å². The first-order valence-corrected chi connectivity index (χ1v) is 6.73. The Hall–Kier alpha value is -0.800. The van der Waals surface area contributed by atoms with Crippen LogP contribution in [0.5, 0.6) is 5.75 Å². The number of hydrogen-bond acceptors (Lipinski definition) is 2.